The molecule has 0 spiro atoms. The van der Waals surface area contributed by atoms with E-state index < -0.39 is 0 Å². The topological polar surface area (TPSA) is 42.0 Å². The van der Waals surface area contributed by atoms with Crippen LogP contribution in [0, 0.1) is 11.8 Å². The lowest BCUT2D eigenvalue weighted by Gasteiger charge is -2.40. The van der Waals surface area contributed by atoms with E-state index in [1.54, 1.807) is 7.11 Å². The van der Waals surface area contributed by atoms with Gasteiger partial charge in [0.1, 0.15) is 11.5 Å². The van der Waals surface area contributed by atoms with Crippen LogP contribution >= 0.6 is 0 Å². The highest BCUT2D eigenvalue weighted by Crippen LogP contribution is 2.43. The van der Waals surface area contributed by atoms with E-state index in [4.69, 9.17) is 9.47 Å². The van der Waals surface area contributed by atoms with Crippen molar-refractivity contribution in [1.82, 2.24) is 9.80 Å². The summed E-state index contributed by atoms with van der Waals surface area (Å²) < 4.78 is 11.3. The molecule has 0 radical (unpaired) electrons. The summed E-state index contributed by atoms with van der Waals surface area (Å²) in [6, 6.07) is 18.9. The van der Waals surface area contributed by atoms with Crippen LogP contribution in [0.15, 0.2) is 54.6 Å². The molecule has 33 heavy (non-hydrogen) atoms. The Kier molecular flexibility index (Phi) is 6.86. The molecule has 1 amide bonds. The third-order valence-corrected chi connectivity index (χ3v) is 7.93. The Morgan fingerprint density at radius 2 is 1.76 bits per heavy atom. The molecule has 2 aliphatic heterocycles. The van der Waals surface area contributed by atoms with E-state index in [2.05, 4.69) is 34.1 Å². The SMILES string of the molecule is COc1ccc([C@H]2CN(C(=O)C3CCC3)[C@@H]3CCN(CCCOc4ccccc4)C[C@H]23)cc1. The number of fused-ring (bicyclic) bond motifs is 1. The van der Waals surface area contributed by atoms with Crippen molar-refractivity contribution in [1.29, 1.82) is 0 Å². The number of amides is 1. The Hall–Kier alpha value is -2.53. The first kappa shape index (κ1) is 22.3. The van der Waals surface area contributed by atoms with Crippen LogP contribution in [0.1, 0.15) is 43.6 Å². The molecule has 2 aromatic rings. The molecule has 176 valence electrons. The predicted octanol–water partition coefficient (Wildman–Crippen LogP) is 4.58. The first-order valence-electron chi connectivity index (χ1n) is 12.6. The Bertz CT molecular complexity index is 912. The van der Waals surface area contributed by atoms with Gasteiger partial charge in [-0.05, 0) is 55.5 Å². The lowest BCUT2D eigenvalue weighted by atomic mass is 9.81. The maximum Gasteiger partial charge on any atom is 0.225 e. The number of para-hydroxylation sites is 1. The number of likely N-dealkylation sites (tertiary alicyclic amines) is 2. The van der Waals surface area contributed by atoms with Crippen molar-refractivity contribution >= 4 is 5.91 Å². The minimum absolute atomic E-state index is 0.272. The molecular weight excluding hydrogens is 412 g/mol. The van der Waals surface area contributed by atoms with Gasteiger partial charge in [-0.3, -0.25) is 4.79 Å². The number of carbonyl (C=O) groups excluding carboxylic acids is 1. The number of nitrogens with zero attached hydrogens (tertiary/aromatic N) is 2. The van der Waals surface area contributed by atoms with Crippen molar-refractivity contribution in [3.8, 4) is 11.5 Å². The van der Waals surface area contributed by atoms with Gasteiger partial charge in [-0.15, -0.1) is 0 Å². The molecule has 5 heteroatoms. The van der Waals surface area contributed by atoms with Crippen molar-refractivity contribution in [2.24, 2.45) is 11.8 Å². The number of ether oxygens (including phenoxy) is 2. The molecule has 3 aliphatic rings. The fourth-order valence-electron chi connectivity index (χ4n) is 5.85. The van der Waals surface area contributed by atoms with E-state index in [1.165, 1.54) is 12.0 Å². The minimum Gasteiger partial charge on any atom is -0.497 e. The van der Waals surface area contributed by atoms with Gasteiger partial charge in [0.15, 0.2) is 0 Å². The fraction of sp³-hybridized carbons (Fsp3) is 0.536. The summed E-state index contributed by atoms with van der Waals surface area (Å²) in [7, 11) is 1.71. The average Bonchev–Trinajstić information content (AvgIpc) is 3.20. The van der Waals surface area contributed by atoms with Gasteiger partial charge in [0.2, 0.25) is 5.91 Å². The van der Waals surface area contributed by atoms with Crippen molar-refractivity contribution < 1.29 is 14.3 Å². The molecule has 3 atom stereocenters. The molecule has 0 N–H and O–H groups in total. The zero-order chi connectivity index (χ0) is 22.6. The number of carbonyl (C=O) groups is 1. The van der Waals surface area contributed by atoms with Crippen LogP contribution in [-0.2, 0) is 4.79 Å². The number of rotatable bonds is 8. The number of piperidine rings is 1. The largest absolute Gasteiger partial charge is 0.497 e. The quantitative estimate of drug-likeness (QED) is 0.555. The van der Waals surface area contributed by atoms with Crippen LogP contribution in [0.4, 0.5) is 0 Å². The van der Waals surface area contributed by atoms with Gasteiger partial charge in [0.05, 0.1) is 13.7 Å². The first-order valence-corrected chi connectivity index (χ1v) is 12.6. The molecule has 0 bridgehead atoms. The summed E-state index contributed by atoms with van der Waals surface area (Å²) >= 11 is 0. The Morgan fingerprint density at radius 1 is 0.970 bits per heavy atom. The lowest BCUT2D eigenvalue weighted by Crippen LogP contribution is -2.50. The molecule has 1 aliphatic carbocycles. The normalized spacial score (nSPS) is 25.4. The van der Waals surface area contributed by atoms with Crippen LogP contribution in [0.25, 0.3) is 0 Å². The van der Waals surface area contributed by atoms with Crippen LogP contribution in [0.5, 0.6) is 11.5 Å². The second-order valence-corrected chi connectivity index (χ2v) is 9.83. The van der Waals surface area contributed by atoms with Crippen LogP contribution in [0.3, 0.4) is 0 Å². The molecule has 0 unspecified atom stereocenters. The molecule has 0 aromatic heterocycles. The third kappa shape index (κ3) is 4.89. The number of benzene rings is 2. The van der Waals surface area contributed by atoms with E-state index in [1.807, 2.05) is 30.3 Å². The van der Waals surface area contributed by atoms with E-state index in [0.717, 1.165) is 70.0 Å². The van der Waals surface area contributed by atoms with Gasteiger partial charge >= 0.3 is 0 Å². The van der Waals surface area contributed by atoms with Crippen LogP contribution in [0.2, 0.25) is 0 Å². The van der Waals surface area contributed by atoms with Gasteiger partial charge in [-0.1, -0.05) is 36.8 Å². The van der Waals surface area contributed by atoms with Crippen molar-refractivity contribution in [2.75, 3.05) is 39.9 Å². The smallest absolute Gasteiger partial charge is 0.225 e. The summed E-state index contributed by atoms with van der Waals surface area (Å²) in [5, 5.41) is 0. The third-order valence-electron chi connectivity index (χ3n) is 7.93. The highest BCUT2D eigenvalue weighted by atomic mass is 16.5. The summed E-state index contributed by atoms with van der Waals surface area (Å²) in [5.74, 6) is 3.40. The second kappa shape index (κ2) is 10.2. The van der Waals surface area contributed by atoms with Gasteiger partial charge < -0.3 is 19.3 Å². The maximum atomic E-state index is 13.3. The standard InChI is InChI=1S/C28H36N2O3/c1-32-23-13-11-21(12-14-23)25-20-30(28(31)22-7-5-8-22)27-15-17-29(19-26(25)27)16-6-18-33-24-9-3-2-4-10-24/h2-4,9-14,22,25-27H,5-8,15-20H2,1H3/t25-,26-,27-/m1/s1. The van der Waals surface area contributed by atoms with Gasteiger partial charge in [0, 0.05) is 50.0 Å². The zero-order valence-corrected chi connectivity index (χ0v) is 19.7. The molecule has 5 rings (SSSR count). The second-order valence-electron chi connectivity index (χ2n) is 9.83. The van der Waals surface area contributed by atoms with Crippen LogP contribution in [-0.4, -0.2) is 61.6 Å². The maximum absolute atomic E-state index is 13.3. The summed E-state index contributed by atoms with van der Waals surface area (Å²) in [4.78, 5) is 18.1. The zero-order valence-electron chi connectivity index (χ0n) is 19.7. The molecule has 2 heterocycles. The van der Waals surface area contributed by atoms with E-state index in [9.17, 15) is 4.79 Å². The molecule has 2 aromatic carbocycles. The molecule has 2 saturated heterocycles. The molecule has 5 nitrogen and oxygen atoms in total. The first-order chi connectivity index (χ1) is 16.2. The van der Waals surface area contributed by atoms with Crippen LogP contribution < -0.4 is 9.47 Å². The summed E-state index contributed by atoms with van der Waals surface area (Å²) in [5.41, 5.74) is 1.34. The van der Waals surface area contributed by atoms with E-state index in [-0.39, 0.29) is 5.92 Å². The highest BCUT2D eigenvalue weighted by Gasteiger charge is 2.48. The molecular formula is C28H36N2O3. The van der Waals surface area contributed by atoms with Gasteiger partial charge in [-0.25, -0.2) is 0 Å². The van der Waals surface area contributed by atoms with E-state index >= 15 is 0 Å². The van der Waals surface area contributed by atoms with Crippen molar-refractivity contribution in [3.63, 3.8) is 0 Å². The summed E-state index contributed by atoms with van der Waals surface area (Å²) in [6.07, 6.45) is 5.46. The molecule has 3 fully saturated rings. The molecule has 1 saturated carbocycles. The Morgan fingerprint density at radius 3 is 2.45 bits per heavy atom. The van der Waals surface area contributed by atoms with Crippen molar-refractivity contribution in [2.45, 2.75) is 44.1 Å². The van der Waals surface area contributed by atoms with Crippen molar-refractivity contribution in [3.05, 3.63) is 60.2 Å². The number of hydrogen-bond donors (Lipinski definition) is 0. The van der Waals surface area contributed by atoms with E-state index in [0.29, 0.717) is 23.8 Å². The van der Waals surface area contributed by atoms with Gasteiger partial charge in [0.25, 0.3) is 0 Å². The summed E-state index contributed by atoms with van der Waals surface area (Å²) in [6.45, 7) is 4.77. The monoisotopic (exact) mass is 448 g/mol. The lowest BCUT2D eigenvalue weighted by molar-refractivity contribution is -0.140. The number of methoxy groups -OCH3 is 1. The average molecular weight is 449 g/mol. The highest BCUT2D eigenvalue weighted by molar-refractivity contribution is 5.80. The Balaban J connectivity index is 1.24. The predicted molar refractivity (Wildman–Crippen MR) is 130 cm³/mol. The Labute approximate surface area is 197 Å². The van der Waals surface area contributed by atoms with Gasteiger partial charge in [-0.2, -0.15) is 0 Å². The minimum atomic E-state index is 0.272. The number of hydrogen-bond acceptors (Lipinski definition) is 4. The fourth-order valence-corrected chi connectivity index (χ4v) is 5.85.